The van der Waals surface area contributed by atoms with Gasteiger partial charge in [-0.1, -0.05) is 13.3 Å². The van der Waals surface area contributed by atoms with Crippen molar-refractivity contribution in [3.63, 3.8) is 0 Å². The highest BCUT2D eigenvalue weighted by Crippen LogP contribution is 2.05. The highest BCUT2D eigenvalue weighted by atomic mass is 16.4. The molecule has 1 aromatic heterocycles. The molecule has 0 aliphatic rings. The number of hydrogen-bond donors (Lipinski definition) is 3. The number of carbonyl (C=O) groups is 2. The van der Waals surface area contributed by atoms with E-state index in [0.717, 1.165) is 12.0 Å². The first kappa shape index (κ1) is 14.1. The van der Waals surface area contributed by atoms with E-state index in [1.165, 1.54) is 12.5 Å². The van der Waals surface area contributed by atoms with Crippen LogP contribution in [0.4, 0.5) is 4.79 Å². The Labute approximate surface area is 105 Å². The zero-order chi connectivity index (χ0) is 13.4. The van der Waals surface area contributed by atoms with E-state index in [1.54, 1.807) is 6.07 Å². The van der Waals surface area contributed by atoms with E-state index in [0.29, 0.717) is 13.0 Å². The van der Waals surface area contributed by atoms with Crippen LogP contribution in [0.15, 0.2) is 23.0 Å². The van der Waals surface area contributed by atoms with Crippen LogP contribution >= 0.6 is 0 Å². The number of rotatable bonds is 7. The van der Waals surface area contributed by atoms with E-state index in [2.05, 4.69) is 10.6 Å². The molecule has 1 atom stereocenters. The Bertz CT molecular complexity index is 375. The van der Waals surface area contributed by atoms with Gasteiger partial charge in [0.1, 0.15) is 0 Å². The van der Waals surface area contributed by atoms with Gasteiger partial charge in [0.15, 0.2) is 0 Å². The van der Waals surface area contributed by atoms with Crippen LogP contribution in [0.5, 0.6) is 0 Å². The molecule has 100 valence electrons. The van der Waals surface area contributed by atoms with Crippen molar-refractivity contribution in [1.82, 2.24) is 10.6 Å². The van der Waals surface area contributed by atoms with Crippen LogP contribution in [0.3, 0.4) is 0 Å². The summed E-state index contributed by atoms with van der Waals surface area (Å²) in [6, 6.07) is 1.37. The largest absolute Gasteiger partial charge is 0.481 e. The van der Waals surface area contributed by atoms with Crippen molar-refractivity contribution < 1.29 is 19.1 Å². The average molecular weight is 254 g/mol. The number of amides is 2. The highest BCUT2D eigenvalue weighted by molar-refractivity contribution is 5.75. The highest BCUT2D eigenvalue weighted by Gasteiger charge is 2.16. The summed E-state index contributed by atoms with van der Waals surface area (Å²) in [6.45, 7) is 2.41. The fraction of sp³-hybridized carbons (Fsp3) is 0.500. The topological polar surface area (TPSA) is 91.6 Å². The fourth-order valence-corrected chi connectivity index (χ4v) is 1.52. The summed E-state index contributed by atoms with van der Waals surface area (Å²) in [5.74, 6) is -1.42. The zero-order valence-electron chi connectivity index (χ0n) is 10.3. The Kier molecular flexibility index (Phi) is 5.76. The van der Waals surface area contributed by atoms with Gasteiger partial charge in [0.2, 0.25) is 0 Å². The van der Waals surface area contributed by atoms with Gasteiger partial charge in [-0.05, 0) is 12.5 Å². The molecule has 2 amide bonds. The number of nitrogens with one attached hydrogen (secondary N) is 2. The fourth-order valence-electron chi connectivity index (χ4n) is 1.52. The van der Waals surface area contributed by atoms with E-state index >= 15 is 0 Å². The van der Waals surface area contributed by atoms with Gasteiger partial charge >= 0.3 is 12.0 Å². The summed E-state index contributed by atoms with van der Waals surface area (Å²) in [6.07, 6.45) is 4.39. The molecule has 3 N–H and O–H groups in total. The summed E-state index contributed by atoms with van der Waals surface area (Å²) >= 11 is 0. The van der Waals surface area contributed by atoms with E-state index in [-0.39, 0.29) is 12.6 Å². The third-order valence-electron chi connectivity index (χ3n) is 2.53. The average Bonchev–Trinajstić information content (AvgIpc) is 2.84. The Morgan fingerprint density at radius 2 is 2.22 bits per heavy atom. The molecule has 6 nitrogen and oxygen atoms in total. The normalized spacial score (nSPS) is 11.8. The number of urea groups is 1. The molecule has 1 rings (SSSR count). The third-order valence-corrected chi connectivity index (χ3v) is 2.53. The van der Waals surface area contributed by atoms with Gasteiger partial charge in [0, 0.05) is 18.7 Å². The molecule has 0 aliphatic carbocycles. The Balaban J connectivity index is 2.25. The van der Waals surface area contributed by atoms with Gasteiger partial charge < -0.3 is 20.2 Å². The maximum Gasteiger partial charge on any atom is 0.315 e. The molecular weight excluding hydrogens is 236 g/mol. The van der Waals surface area contributed by atoms with Crippen LogP contribution in [0, 0.1) is 5.92 Å². The first-order chi connectivity index (χ1) is 8.63. The van der Waals surface area contributed by atoms with Gasteiger partial charge in [0.05, 0.1) is 18.4 Å². The smallest absolute Gasteiger partial charge is 0.315 e. The van der Waals surface area contributed by atoms with E-state index in [1.807, 2.05) is 6.92 Å². The molecule has 0 aromatic carbocycles. The predicted octanol–water partition coefficient (Wildman–Crippen LogP) is 1.58. The lowest BCUT2D eigenvalue weighted by molar-refractivity contribution is -0.141. The van der Waals surface area contributed by atoms with Crippen LogP contribution < -0.4 is 10.6 Å². The second-order valence-electron chi connectivity index (χ2n) is 4.02. The van der Waals surface area contributed by atoms with Crippen LogP contribution in [-0.2, 0) is 11.3 Å². The number of furan rings is 1. The van der Waals surface area contributed by atoms with E-state index in [4.69, 9.17) is 9.52 Å². The number of hydrogen-bond acceptors (Lipinski definition) is 3. The molecule has 0 bridgehead atoms. The van der Waals surface area contributed by atoms with Crippen molar-refractivity contribution in [2.75, 3.05) is 6.54 Å². The van der Waals surface area contributed by atoms with Crippen molar-refractivity contribution in [3.8, 4) is 0 Å². The number of aliphatic carboxylic acids is 1. The molecule has 0 aliphatic heterocycles. The lowest BCUT2D eigenvalue weighted by Crippen LogP contribution is -2.39. The van der Waals surface area contributed by atoms with Gasteiger partial charge in [-0.15, -0.1) is 0 Å². The second kappa shape index (κ2) is 7.37. The van der Waals surface area contributed by atoms with E-state index < -0.39 is 11.9 Å². The minimum atomic E-state index is -0.882. The monoisotopic (exact) mass is 254 g/mol. The minimum Gasteiger partial charge on any atom is -0.481 e. The maximum atomic E-state index is 11.4. The SMILES string of the molecule is CCCC(CNC(=O)NCc1ccoc1)C(=O)O. The lowest BCUT2D eigenvalue weighted by Gasteiger charge is -2.12. The summed E-state index contributed by atoms with van der Waals surface area (Å²) in [7, 11) is 0. The minimum absolute atomic E-state index is 0.139. The zero-order valence-corrected chi connectivity index (χ0v) is 10.3. The molecule has 1 unspecified atom stereocenters. The quantitative estimate of drug-likeness (QED) is 0.689. The molecule has 0 saturated heterocycles. The van der Waals surface area contributed by atoms with E-state index in [9.17, 15) is 9.59 Å². The second-order valence-corrected chi connectivity index (χ2v) is 4.02. The summed E-state index contributed by atoms with van der Waals surface area (Å²) < 4.78 is 4.86. The van der Waals surface area contributed by atoms with Crippen molar-refractivity contribution in [1.29, 1.82) is 0 Å². The van der Waals surface area contributed by atoms with Crippen LogP contribution in [-0.4, -0.2) is 23.7 Å². The molecule has 0 fully saturated rings. The van der Waals surface area contributed by atoms with Gasteiger partial charge in [-0.2, -0.15) is 0 Å². The molecular formula is C12H18N2O4. The first-order valence-electron chi connectivity index (χ1n) is 5.89. The van der Waals surface area contributed by atoms with Crippen molar-refractivity contribution in [3.05, 3.63) is 24.2 Å². The standard InChI is InChI=1S/C12H18N2O4/c1-2-3-10(11(15)16)7-14-12(17)13-6-9-4-5-18-8-9/h4-5,8,10H,2-3,6-7H2,1H3,(H,15,16)(H2,13,14,17). The molecule has 6 heteroatoms. The van der Waals surface area contributed by atoms with Crippen molar-refractivity contribution in [2.24, 2.45) is 5.92 Å². The first-order valence-corrected chi connectivity index (χ1v) is 5.89. The summed E-state index contributed by atoms with van der Waals surface area (Å²) in [5.41, 5.74) is 0.855. The number of carboxylic acids is 1. The van der Waals surface area contributed by atoms with Crippen LogP contribution in [0.1, 0.15) is 25.3 Å². The van der Waals surface area contributed by atoms with Crippen molar-refractivity contribution in [2.45, 2.75) is 26.3 Å². The maximum absolute atomic E-state index is 11.4. The van der Waals surface area contributed by atoms with Gasteiger partial charge in [-0.3, -0.25) is 4.79 Å². The Morgan fingerprint density at radius 3 is 2.78 bits per heavy atom. The number of carbonyl (C=O) groups excluding carboxylic acids is 1. The Morgan fingerprint density at radius 1 is 1.44 bits per heavy atom. The molecule has 1 heterocycles. The van der Waals surface area contributed by atoms with Gasteiger partial charge in [0.25, 0.3) is 0 Å². The molecule has 0 saturated carbocycles. The number of carboxylic acid groups (broad SMARTS) is 1. The molecule has 1 aromatic rings. The third kappa shape index (κ3) is 4.90. The molecule has 0 radical (unpaired) electrons. The lowest BCUT2D eigenvalue weighted by atomic mass is 10.0. The van der Waals surface area contributed by atoms with Crippen LogP contribution in [0.2, 0.25) is 0 Å². The predicted molar refractivity (Wildman–Crippen MR) is 65.0 cm³/mol. The summed E-state index contributed by atoms with van der Waals surface area (Å²) in [4.78, 5) is 22.3. The summed E-state index contributed by atoms with van der Waals surface area (Å²) in [5, 5.41) is 14.1. The van der Waals surface area contributed by atoms with Crippen molar-refractivity contribution >= 4 is 12.0 Å². The molecule has 18 heavy (non-hydrogen) atoms. The molecule has 0 spiro atoms. The Hall–Kier alpha value is -1.98. The van der Waals surface area contributed by atoms with Gasteiger partial charge in [-0.25, -0.2) is 4.79 Å². The van der Waals surface area contributed by atoms with Crippen LogP contribution in [0.25, 0.3) is 0 Å².